The van der Waals surface area contributed by atoms with Crippen LogP contribution in [0.1, 0.15) is 36.5 Å². The first-order valence-corrected chi connectivity index (χ1v) is 6.25. The lowest BCUT2D eigenvalue weighted by Crippen LogP contribution is -2.24. The van der Waals surface area contributed by atoms with Crippen molar-refractivity contribution in [3.05, 3.63) is 28.8 Å². The maximum atomic E-state index is 9.76. The molecule has 1 aliphatic heterocycles. The SMILES string of the molecule is CCc1cc(CC2CCCN2)c(C)cc1O. The molecule has 1 atom stereocenters. The summed E-state index contributed by atoms with van der Waals surface area (Å²) in [6.45, 7) is 5.33. The Morgan fingerprint density at radius 2 is 2.19 bits per heavy atom. The topological polar surface area (TPSA) is 32.3 Å². The summed E-state index contributed by atoms with van der Waals surface area (Å²) in [6.07, 6.45) is 4.57. The molecule has 0 spiro atoms. The van der Waals surface area contributed by atoms with Crippen molar-refractivity contribution < 1.29 is 5.11 Å². The second kappa shape index (κ2) is 4.88. The van der Waals surface area contributed by atoms with E-state index < -0.39 is 0 Å². The quantitative estimate of drug-likeness (QED) is 0.819. The van der Waals surface area contributed by atoms with Gasteiger partial charge in [0.1, 0.15) is 5.75 Å². The molecule has 0 aromatic heterocycles. The third-order valence-corrected chi connectivity index (χ3v) is 3.55. The van der Waals surface area contributed by atoms with Gasteiger partial charge < -0.3 is 10.4 Å². The summed E-state index contributed by atoms with van der Waals surface area (Å²) in [4.78, 5) is 0. The Hall–Kier alpha value is -1.02. The van der Waals surface area contributed by atoms with E-state index in [4.69, 9.17) is 0 Å². The molecule has 2 rings (SSSR count). The lowest BCUT2D eigenvalue weighted by atomic mass is 9.96. The molecule has 16 heavy (non-hydrogen) atoms. The van der Waals surface area contributed by atoms with Crippen molar-refractivity contribution >= 4 is 0 Å². The van der Waals surface area contributed by atoms with Gasteiger partial charge in [0, 0.05) is 6.04 Å². The highest BCUT2D eigenvalue weighted by Gasteiger charge is 2.16. The second-order valence-electron chi connectivity index (χ2n) is 4.76. The van der Waals surface area contributed by atoms with Crippen molar-refractivity contribution in [1.82, 2.24) is 5.32 Å². The fraction of sp³-hybridized carbons (Fsp3) is 0.571. The minimum absolute atomic E-state index is 0.447. The van der Waals surface area contributed by atoms with Gasteiger partial charge in [0.25, 0.3) is 0 Å². The summed E-state index contributed by atoms with van der Waals surface area (Å²) in [5.41, 5.74) is 3.66. The minimum atomic E-state index is 0.447. The molecule has 0 radical (unpaired) electrons. The van der Waals surface area contributed by atoms with Gasteiger partial charge in [-0.25, -0.2) is 0 Å². The van der Waals surface area contributed by atoms with Crippen molar-refractivity contribution in [2.24, 2.45) is 0 Å². The first-order chi connectivity index (χ1) is 7.70. The van der Waals surface area contributed by atoms with Crippen LogP contribution in [0.2, 0.25) is 0 Å². The number of hydrogen-bond donors (Lipinski definition) is 2. The smallest absolute Gasteiger partial charge is 0.119 e. The third kappa shape index (κ3) is 2.38. The van der Waals surface area contributed by atoms with Gasteiger partial charge in [-0.3, -0.25) is 0 Å². The molecule has 0 aliphatic carbocycles. The van der Waals surface area contributed by atoms with E-state index in [-0.39, 0.29) is 0 Å². The van der Waals surface area contributed by atoms with Crippen LogP contribution in [0, 0.1) is 6.92 Å². The molecule has 0 bridgehead atoms. The number of aryl methyl sites for hydroxylation is 2. The van der Waals surface area contributed by atoms with Crippen LogP contribution in [0.3, 0.4) is 0 Å². The third-order valence-electron chi connectivity index (χ3n) is 3.55. The van der Waals surface area contributed by atoms with Gasteiger partial charge in [-0.15, -0.1) is 0 Å². The predicted octanol–water partition coefficient (Wildman–Crippen LogP) is 2.56. The maximum absolute atomic E-state index is 9.76. The van der Waals surface area contributed by atoms with E-state index in [1.807, 2.05) is 6.07 Å². The van der Waals surface area contributed by atoms with Gasteiger partial charge in [0.15, 0.2) is 0 Å². The minimum Gasteiger partial charge on any atom is -0.508 e. The van der Waals surface area contributed by atoms with Crippen LogP contribution in [0.4, 0.5) is 0 Å². The average Bonchev–Trinajstić information content (AvgIpc) is 2.75. The molecule has 0 amide bonds. The number of nitrogens with one attached hydrogen (secondary N) is 1. The molecular formula is C14H21NO. The molecule has 2 nitrogen and oxygen atoms in total. The van der Waals surface area contributed by atoms with Gasteiger partial charge >= 0.3 is 0 Å². The Bertz CT molecular complexity index is 367. The molecule has 2 N–H and O–H groups in total. The normalized spacial score (nSPS) is 20.2. The first-order valence-electron chi connectivity index (χ1n) is 6.25. The lowest BCUT2D eigenvalue weighted by Gasteiger charge is -2.14. The highest BCUT2D eigenvalue weighted by Crippen LogP contribution is 2.24. The van der Waals surface area contributed by atoms with Crippen molar-refractivity contribution in [2.75, 3.05) is 6.54 Å². The zero-order chi connectivity index (χ0) is 11.5. The van der Waals surface area contributed by atoms with Crippen LogP contribution >= 0.6 is 0 Å². The summed E-state index contributed by atoms with van der Waals surface area (Å²) in [6, 6.07) is 4.71. The molecule has 88 valence electrons. The van der Waals surface area contributed by atoms with E-state index in [9.17, 15) is 5.11 Å². The average molecular weight is 219 g/mol. The number of rotatable bonds is 3. The van der Waals surface area contributed by atoms with Crippen molar-refractivity contribution in [1.29, 1.82) is 0 Å². The number of benzene rings is 1. The van der Waals surface area contributed by atoms with E-state index in [0.717, 1.165) is 24.9 Å². The van der Waals surface area contributed by atoms with Crippen LogP contribution in [0.5, 0.6) is 5.75 Å². The zero-order valence-electron chi connectivity index (χ0n) is 10.2. The van der Waals surface area contributed by atoms with Gasteiger partial charge in [-0.1, -0.05) is 13.0 Å². The summed E-state index contributed by atoms with van der Waals surface area (Å²) in [5, 5.41) is 13.3. The second-order valence-corrected chi connectivity index (χ2v) is 4.76. The van der Waals surface area contributed by atoms with Crippen molar-refractivity contribution in [3.63, 3.8) is 0 Å². The van der Waals surface area contributed by atoms with Crippen LogP contribution in [0.25, 0.3) is 0 Å². The fourth-order valence-electron chi connectivity index (χ4n) is 2.49. The molecule has 1 aromatic carbocycles. The van der Waals surface area contributed by atoms with E-state index >= 15 is 0 Å². The first kappa shape index (κ1) is 11.5. The predicted molar refractivity (Wildman–Crippen MR) is 67.0 cm³/mol. The number of hydrogen-bond acceptors (Lipinski definition) is 2. The van der Waals surface area contributed by atoms with E-state index in [2.05, 4.69) is 25.2 Å². The van der Waals surface area contributed by atoms with Gasteiger partial charge in [0.05, 0.1) is 0 Å². The summed E-state index contributed by atoms with van der Waals surface area (Å²) < 4.78 is 0. The summed E-state index contributed by atoms with van der Waals surface area (Å²) >= 11 is 0. The largest absolute Gasteiger partial charge is 0.508 e. The fourth-order valence-corrected chi connectivity index (χ4v) is 2.49. The Labute approximate surface area is 97.7 Å². The standard InChI is InChI=1S/C14H21NO/c1-3-11-8-12(10(2)7-14(11)16)9-13-5-4-6-15-13/h7-8,13,15-16H,3-6,9H2,1-2H3. The van der Waals surface area contributed by atoms with Gasteiger partial charge in [-0.05, 0) is 61.9 Å². The van der Waals surface area contributed by atoms with Crippen LogP contribution in [0.15, 0.2) is 12.1 Å². The Morgan fingerprint density at radius 1 is 1.38 bits per heavy atom. The van der Waals surface area contributed by atoms with Crippen LogP contribution in [-0.2, 0) is 12.8 Å². The number of aromatic hydroxyl groups is 1. The highest BCUT2D eigenvalue weighted by molar-refractivity contribution is 5.41. The van der Waals surface area contributed by atoms with Gasteiger partial charge in [-0.2, -0.15) is 0 Å². The summed E-state index contributed by atoms with van der Waals surface area (Å²) in [5.74, 6) is 0.447. The zero-order valence-corrected chi connectivity index (χ0v) is 10.2. The van der Waals surface area contributed by atoms with E-state index in [1.165, 1.54) is 24.0 Å². The van der Waals surface area contributed by atoms with Gasteiger partial charge in [0.2, 0.25) is 0 Å². The number of phenolic OH excluding ortho intramolecular Hbond substituents is 1. The number of phenols is 1. The van der Waals surface area contributed by atoms with Crippen LogP contribution in [-0.4, -0.2) is 17.7 Å². The molecule has 1 aliphatic rings. The molecule has 1 unspecified atom stereocenters. The molecule has 1 saturated heterocycles. The Kier molecular flexibility index (Phi) is 3.49. The molecule has 2 heteroatoms. The maximum Gasteiger partial charge on any atom is 0.119 e. The monoisotopic (exact) mass is 219 g/mol. The van der Waals surface area contributed by atoms with E-state index in [1.54, 1.807) is 0 Å². The van der Waals surface area contributed by atoms with Crippen molar-refractivity contribution in [2.45, 2.75) is 45.6 Å². The molecular weight excluding hydrogens is 198 g/mol. The van der Waals surface area contributed by atoms with Crippen LogP contribution < -0.4 is 5.32 Å². The Balaban J connectivity index is 2.18. The molecule has 1 fully saturated rings. The van der Waals surface area contributed by atoms with Crippen molar-refractivity contribution in [3.8, 4) is 5.75 Å². The molecule has 1 aromatic rings. The van der Waals surface area contributed by atoms with E-state index in [0.29, 0.717) is 11.8 Å². The highest BCUT2D eigenvalue weighted by atomic mass is 16.3. The molecule has 0 saturated carbocycles. The Morgan fingerprint density at radius 3 is 2.81 bits per heavy atom. The lowest BCUT2D eigenvalue weighted by molar-refractivity contribution is 0.467. The molecule has 1 heterocycles. The summed E-state index contributed by atoms with van der Waals surface area (Å²) in [7, 11) is 0.